The maximum atomic E-state index is 14.4. The minimum atomic E-state index is -1.88. The van der Waals surface area contributed by atoms with E-state index in [4.69, 9.17) is 28.4 Å². The Morgan fingerprint density at radius 2 is 1.57 bits per heavy atom. The fraction of sp³-hybridized carbons (Fsp3) is 0.804. The molecule has 2 unspecified atom stereocenters. The van der Waals surface area contributed by atoms with E-state index in [1.807, 2.05) is 77.0 Å². The number of hydrogen-bond acceptors (Lipinski definition) is 14. The van der Waals surface area contributed by atoms with Crippen molar-refractivity contribution in [2.45, 2.75) is 185 Å². The van der Waals surface area contributed by atoms with Gasteiger partial charge in [-0.1, -0.05) is 57.7 Å². The van der Waals surface area contributed by atoms with Gasteiger partial charge >= 0.3 is 5.97 Å². The molecule has 14 heteroatoms. The van der Waals surface area contributed by atoms with Crippen molar-refractivity contribution in [2.24, 2.45) is 23.7 Å². The minimum Gasteiger partial charge on any atom is -0.459 e. The lowest BCUT2D eigenvalue weighted by Crippen LogP contribution is -2.62. The van der Waals surface area contributed by atoms with Crippen molar-refractivity contribution >= 4 is 5.97 Å². The van der Waals surface area contributed by atoms with Gasteiger partial charge in [-0.05, 0) is 93.0 Å². The van der Waals surface area contributed by atoms with Gasteiger partial charge in [0.05, 0.1) is 54.2 Å². The zero-order valence-electron chi connectivity index (χ0n) is 38.2. The van der Waals surface area contributed by atoms with Gasteiger partial charge in [-0.25, -0.2) is 0 Å². The Bertz CT molecular complexity index is 1570. The fourth-order valence-electron chi connectivity index (χ4n) is 9.83. The van der Waals surface area contributed by atoms with E-state index in [9.17, 15) is 30.3 Å². The first kappa shape index (κ1) is 50.4. The number of aliphatic hydroxyl groups is 5. The van der Waals surface area contributed by atoms with E-state index in [0.717, 1.165) is 5.56 Å². The third-order valence-corrected chi connectivity index (χ3v) is 13.5. The zero-order valence-corrected chi connectivity index (χ0v) is 38.2. The van der Waals surface area contributed by atoms with Gasteiger partial charge in [0, 0.05) is 43.0 Å². The highest BCUT2D eigenvalue weighted by molar-refractivity contribution is 5.73. The highest BCUT2D eigenvalue weighted by atomic mass is 16.7. The third kappa shape index (κ3) is 11.7. The molecule has 3 saturated heterocycles. The highest BCUT2D eigenvalue weighted by Crippen LogP contribution is 2.41. The maximum absolute atomic E-state index is 14.4. The van der Waals surface area contributed by atoms with Gasteiger partial charge in [0.1, 0.15) is 23.9 Å². The smallest absolute Gasteiger partial charge is 0.311 e. The molecule has 14 nitrogen and oxygen atoms in total. The summed E-state index contributed by atoms with van der Waals surface area (Å²) in [6.07, 6.45) is -8.86. The van der Waals surface area contributed by atoms with Gasteiger partial charge in [0.2, 0.25) is 0 Å². The Labute approximate surface area is 358 Å². The van der Waals surface area contributed by atoms with Crippen molar-refractivity contribution in [3.05, 3.63) is 35.9 Å². The van der Waals surface area contributed by atoms with Gasteiger partial charge in [-0.3, -0.25) is 4.79 Å². The van der Waals surface area contributed by atoms with E-state index in [2.05, 4.69) is 17.2 Å². The molecule has 342 valence electrons. The summed E-state index contributed by atoms with van der Waals surface area (Å²) in [5, 5.41) is 63.2. The van der Waals surface area contributed by atoms with E-state index in [1.165, 1.54) is 14.0 Å². The van der Waals surface area contributed by atoms with Gasteiger partial charge in [-0.15, -0.1) is 0 Å². The van der Waals surface area contributed by atoms with E-state index in [1.54, 1.807) is 34.6 Å². The summed E-state index contributed by atoms with van der Waals surface area (Å²) in [4.78, 5) is 16.3. The number of likely N-dealkylation sites (N-methyl/N-ethyl adjacent to an activating group) is 1. The second-order valence-corrected chi connectivity index (χ2v) is 18.8. The molecule has 19 atom stereocenters. The van der Waals surface area contributed by atoms with Crippen LogP contribution in [-0.2, 0) is 33.2 Å². The van der Waals surface area contributed by atoms with Crippen LogP contribution in [0.1, 0.15) is 100 Å². The largest absolute Gasteiger partial charge is 0.459 e. The molecule has 0 spiro atoms. The lowest BCUT2D eigenvalue weighted by molar-refractivity contribution is -0.318. The number of carbonyl (C=O) groups is 1. The van der Waals surface area contributed by atoms with Gasteiger partial charge in [0.15, 0.2) is 12.6 Å². The number of carbonyl (C=O) groups excluding carboxylic acids is 1. The number of nitrogens with zero attached hydrogens (tertiary/aromatic N) is 1. The van der Waals surface area contributed by atoms with Crippen LogP contribution in [0, 0.1) is 35.5 Å². The van der Waals surface area contributed by atoms with Crippen LogP contribution in [0.2, 0.25) is 0 Å². The number of rotatable bonds is 9. The van der Waals surface area contributed by atoms with Crippen LogP contribution in [0.15, 0.2) is 30.3 Å². The van der Waals surface area contributed by atoms with Gasteiger partial charge in [0.25, 0.3) is 0 Å². The molecule has 3 fully saturated rings. The summed E-state index contributed by atoms with van der Waals surface area (Å²) in [5.41, 5.74) is -3.76. The summed E-state index contributed by atoms with van der Waals surface area (Å²) in [6, 6.07) is 8.74. The number of cyclic esters (lactones) is 1. The topological polar surface area (TPSA) is 189 Å². The predicted octanol–water partition coefficient (Wildman–Crippen LogP) is 3.23. The molecule has 3 aliphatic rings. The fourth-order valence-corrected chi connectivity index (χ4v) is 9.83. The van der Waals surface area contributed by atoms with E-state index in [0.29, 0.717) is 6.42 Å². The molecule has 3 heterocycles. The first-order valence-corrected chi connectivity index (χ1v) is 21.8. The predicted molar refractivity (Wildman–Crippen MR) is 226 cm³/mol. The number of benzene rings is 1. The molecule has 3 aliphatic heterocycles. The summed E-state index contributed by atoms with van der Waals surface area (Å²) in [7, 11) is 5.27. The summed E-state index contributed by atoms with van der Waals surface area (Å²) >= 11 is 0. The Morgan fingerprint density at radius 1 is 0.917 bits per heavy atom. The van der Waals surface area contributed by atoms with Crippen LogP contribution in [0.5, 0.6) is 0 Å². The molecular weight excluding hydrogens is 773 g/mol. The second kappa shape index (κ2) is 21.0. The van der Waals surface area contributed by atoms with Crippen LogP contribution in [0.4, 0.5) is 0 Å². The first-order chi connectivity index (χ1) is 28.0. The van der Waals surface area contributed by atoms with Crippen LogP contribution < -0.4 is 5.32 Å². The quantitative estimate of drug-likeness (QED) is 0.157. The van der Waals surface area contributed by atoms with Crippen molar-refractivity contribution in [3.63, 3.8) is 0 Å². The second-order valence-electron chi connectivity index (χ2n) is 18.8. The first-order valence-electron chi connectivity index (χ1n) is 21.8. The van der Waals surface area contributed by atoms with Gasteiger partial charge in [-0.2, -0.15) is 0 Å². The molecule has 1 aromatic rings. The van der Waals surface area contributed by atoms with Crippen LogP contribution in [0.3, 0.4) is 0 Å². The summed E-state index contributed by atoms with van der Waals surface area (Å²) in [6.45, 7) is 17.8. The number of ether oxygens (including phenoxy) is 6. The minimum absolute atomic E-state index is 0.105. The average molecular weight is 849 g/mol. The van der Waals surface area contributed by atoms with Crippen molar-refractivity contribution in [1.82, 2.24) is 10.2 Å². The van der Waals surface area contributed by atoms with Crippen LogP contribution in [0.25, 0.3) is 0 Å². The van der Waals surface area contributed by atoms with Crippen LogP contribution >= 0.6 is 0 Å². The van der Waals surface area contributed by atoms with Crippen molar-refractivity contribution in [3.8, 4) is 11.8 Å². The number of nitrogens with one attached hydrogen (secondary N) is 1. The molecule has 60 heavy (non-hydrogen) atoms. The number of hydrogen-bond donors (Lipinski definition) is 6. The van der Waals surface area contributed by atoms with E-state index < -0.39 is 102 Å². The van der Waals surface area contributed by atoms with Gasteiger partial charge < -0.3 is 64.2 Å². The molecule has 0 aliphatic carbocycles. The number of methoxy groups -OCH3 is 1. The monoisotopic (exact) mass is 849 g/mol. The van der Waals surface area contributed by atoms with E-state index >= 15 is 0 Å². The molecule has 6 N–H and O–H groups in total. The van der Waals surface area contributed by atoms with E-state index in [-0.39, 0.29) is 43.9 Å². The average Bonchev–Trinajstić information content (AvgIpc) is 3.19. The standard InChI is InChI=1S/C46H76N2O12/c1-14-34-46(10,54)39(50)28(4)36(47-22-18-21-32-19-16-15-17-20-32)26(2)24-44(8,53)41(60-43-37(49)33(48(11)12)23-27(3)56-43)29(5)38(30(6)42(52)58-34)59-35-25-45(9,55-13)40(51)31(7)57-35/h15-17,19-20,26-31,33-41,43,47,49-51,53-54H,14,22-25H2,1-13H3/t26-,27-,28+,29+,30-,31+,33+,34?,35+,36+,37-,38?,39-,40+,41-,43+,44-,45-,46-/m1/s1. The zero-order chi connectivity index (χ0) is 44.9. The summed E-state index contributed by atoms with van der Waals surface area (Å²) < 4.78 is 37.9. The molecule has 0 radical (unpaired) electrons. The lowest BCUT2D eigenvalue weighted by atomic mass is 9.72. The molecule has 0 aromatic heterocycles. The Hall–Kier alpha value is -2.23. The Kier molecular flexibility index (Phi) is 17.6. The highest BCUT2D eigenvalue weighted by Gasteiger charge is 2.53. The lowest BCUT2D eigenvalue weighted by Gasteiger charge is -2.49. The number of esters is 1. The van der Waals surface area contributed by atoms with Crippen molar-refractivity contribution in [1.29, 1.82) is 0 Å². The normalized spacial score (nSPS) is 45.0. The third-order valence-electron chi connectivity index (χ3n) is 13.5. The van der Waals surface area contributed by atoms with Crippen LogP contribution in [-0.4, -0.2) is 154 Å². The Morgan fingerprint density at radius 3 is 2.17 bits per heavy atom. The molecule has 0 bridgehead atoms. The number of aliphatic hydroxyl groups excluding tert-OH is 3. The maximum Gasteiger partial charge on any atom is 0.311 e. The Balaban J connectivity index is 1.84. The molecule has 0 amide bonds. The summed E-state index contributed by atoms with van der Waals surface area (Å²) in [5.74, 6) is 2.78. The molecular formula is C46H76N2O12. The molecule has 0 saturated carbocycles. The molecule has 4 rings (SSSR count). The molecule has 1 aromatic carbocycles. The van der Waals surface area contributed by atoms with Crippen molar-refractivity contribution < 1.29 is 58.7 Å². The van der Waals surface area contributed by atoms with Crippen molar-refractivity contribution in [2.75, 3.05) is 27.7 Å². The SMILES string of the molecule is CCC1OC(=O)[C@H](C)C(O[C@H]2C[C@@](C)(OC)[C@@H](O)[C@H](C)O2)[C@H](C)[C@@H](O[C@@H]2O[C@H](C)C[C@H](N(C)C)[C@H]2O)[C@](C)(O)C[C@@H](C)[C@H](NCC#Cc2ccccc2)[C@H](C)[C@@H](O)[C@]1(C)O.